The smallest absolute Gasteiger partial charge is 0.255 e. The number of carbonyl (C=O) groups excluding carboxylic acids is 1. The average molecular weight is 331 g/mol. The minimum atomic E-state index is -3.36. The van der Waals surface area contributed by atoms with Gasteiger partial charge in [-0.05, 0) is 31.2 Å². The molecule has 1 atom stereocenters. The Morgan fingerprint density at radius 3 is 2.76 bits per heavy atom. The number of nitrogens with zero attached hydrogens (tertiary/aromatic N) is 1. The number of hydrogen-bond donors (Lipinski definition) is 1. The van der Waals surface area contributed by atoms with E-state index in [1.807, 2.05) is 0 Å². The van der Waals surface area contributed by atoms with Gasteiger partial charge in [-0.2, -0.15) is 0 Å². The average Bonchev–Trinajstić information content (AvgIpc) is 3.00. The van der Waals surface area contributed by atoms with Crippen LogP contribution in [-0.2, 0) is 9.84 Å². The molecule has 1 aromatic carbocycles. The van der Waals surface area contributed by atoms with Crippen LogP contribution in [-0.4, -0.2) is 51.2 Å². The molecule has 0 bridgehead atoms. The Balaban J connectivity index is 2.34. The summed E-state index contributed by atoms with van der Waals surface area (Å²) < 4.78 is 23.9. The van der Waals surface area contributed by atoms with Gasteiger partial charge in [-0.15, -0.1) is 0 Å². The standard InChI is InChI=1S/C14H19ClN2O3S/c1-3-21(19,20)11-4-5-13(15)12(8-11)14(18)17(2)10-6-7-16-9-10/h4-5,8,10,16H,3,6-7,9H2,1-2H3/t10-/m1/s1. The molecule has 21 heavy (non-hydrogen) atoms. The van der Waals surface area contributed by atoms with Crippen molar-refractivity contribution in [1.29, 1.82) is 0 Å². The maximum absolute atomic E-state index is 12.5. The second-order valence-corrected chi connectivity index (χ2v) is 7.79. The molecular weight excluding hydrogens is 312 g/mol. The maximum atomic E-state index is 12.5. The molecule has 1 aliphatic heterocycles. The third-order valence-electron chi connectivity index (χ3n) is 3.81. The Morgan fingerprint density at radius 1 is 1.48 bits per heavy atom. The summed E-state index contributed by atoms with van der Waals surface area (Å²) in [6.45, 7) is 3.19. The van der Waals surface area contributed by atoms with Gasteiger partial charge in [0, 0.05) is 19.6 Å². The van der Waals surface area contributed by atoms with Crippen LogP contribution >= 0.6 is 11.6 Å². The zero-order valence-electron chi connectivity index (χ0n) is 12.1. The third kappa shape index (κ3) is 3.39. The SMILES string of the molecule is CCS(=O)(=O)c1ccc(Cl)c(C(=O)N(C)[C@@H]2CCNC2)c1. The molecule has 116 valence electrons. The van der Waals surface area contributed by atoms with Crippen molar-refractivity contribution >= 4 is 27.3 Å². The van der Waals surface area contributed by atoms with Crippen molar-refractivity contribution in [2.45, 2.75) is 24.3 Å². The van der Waals surface area contributed by atoms with Gasteiger partial charge in [-0.1, -0.05) is 18.5 Å². The summed E-state index contributed by atoms with van der Waals surface area (Å²) in [4.78, 5) is 14.3. The number of sulfone groups is 1. The summed E-state index contributed by atoms with van der Waals surface area (Å²) in [5, 5.41) is 3.47. The highest BCUT2D eigenvalue weighted by molar-refractivity contribution is 7.91. The number of hydrogen-bond acceptors (Lipinski definition) is 4. The number of amides is 1. The molecule has 1 saturated heterocycles. The molecule has 1 amide bonds. The number of benzene rings is 1. The van der Waals surface area contributed by atoms with E-state index in [1.54, 1.807) is 18.9 Å². The molecule has 1 N–H and O–H groups in total. The quantitative estimate of drug-likeness (QED) is 0.910. The first kappa shape index (κ1) is 16.3. The van der Waals surface area contributed by atoms with Gasteiger partial charge in [0.15, 0.2) is 9.84 Å². The Hall–Kier alpha value is -1.11. The number of carbonyl (C=O) groups is 1. The molecule has 1 heterocycles. The highest BCUT2D eigenvalue weighted by Gasteiger charge is 2.26. The second-order valence-electron chi connectivity index (χ2n) is 5.11. The number of likely N-dealkylation sites (N-methyl/N-ethyl adjacent to an activating group) is 1. The van der Waals surface area contributed by atoms with E-state index < -0.39 is 9.84 Å². The minimum absolute atomic E-state index is 0.00928. The molecule has 0 saturated carbocycles. The van der Waals surface area contributed by atoms with Crippen LogP contribution in [0.2, 0.25) is 5.02 Å². The van der Waals surface area contributed by atoms with Crippen molar-refractivity contribution in [2.75, 3.05) is 25.9 Å². The van der Waals surface area contributed by atoms with E-state index in [0.29, 0.717) is 0 Å². The van der Waals surface area contributed by atoms with Crippen LogP contribution in [0.4, 0.5) is 0 Å². The fourth-order valence-corrected chi connectivity index (χ4v) is 3.46. The molecule has 0 aromatic heterocycles. The van der Waals surface area contributed by atoms with Gasteiger partial charge in [0.1, 0.15) is 0 Å². The van der Waals surface area contributed by atoms with Gasteiger partial charge in [-0.3, -0.25) is 4.79 Å². The minimum Gasteiger partial charge on any atom is -0.337 e. The van der Waals surface area contributed by atoms with Crippen molar-refractivity contribution < 1.29 is 13.2 Å². The van der Waals surface area contributed by atoms with E-state index in [4.69, 9.17) is 11.6 Å². The normalized spacial score (nSPS) is 18.7. The van der Waals surface area contributed by atoms with E-state index in [-0.39, 0.29) is 33.2 Å². The summed E-state index contributed by atoms with van der Waals surface area (Å²) in [6.07, 6.45) is 0.882. The molecule has 0 aliphatic carbocycles. The lowest BCUT2D eigenvalue weighted by Gasteiger charge is -2.24. The lowest BCUT2D eigenvalue weighted by Crippen LogP contribution is -2.38. The van der Waals surface area contributed by atoms with Gasteiger partial charge in [0.2, 0.25) is 0 Å². The van der Waals surface area contributed by atoms with Crippen LogP contribution in [0.15, 0.2) is 23.1 Å². The Bertz CT molecular complexity index is 640. The Morgan fingerprint density at radius 2 is 2.19 bits per heavy atom. The summed E-state index contributed by atoms with van der Waals surface area (Å²) >= 11 is 6.08. The first-order chi connectivity index (χ1) is 9.86. The fourth-order valence-electron chi connectivity index (χ4n) is 2.35. The van der Waals surface area contributed by atoms with Crippen molar-refractivity contribution in [3.05, 3.63) is 28.8 Å². The molecule has 1 aromatic rings. The predicted octanol–water partition coefficient (Wildman–Crippen LogP) is 1.57. The first-order valence-electron chi connectivity index (χ1n) is 6.87. The van der Waals surface area contributed by atoms with E-state index in [1.165, 1.54) is 18.2 Å². The lowest BCUT2D eigenvalue weighted by atomic mass is 10.1. The molecule has 5 nitrogen and oxygen atoms in total. The highest BCUT2D eigenvalue weighted by atomic mass is 35.5. The zero-order chi connectivity index (χ0) is 15.6. The largest absolute Gasteiger partial charge is 0.337 e. The second kappa shape index (κ2) is 6.34. The molecule has 0 unspecified atom stereocenters. The number of nitrogens with one attached hydrogen (secondary N) is 1. The number of halogens is 1. The van der Waals surface area contributed by atoms with Gasteiger partial charge in [0.25, 0.3) is 5.91 Å². The van der Waals surface area contributed by atoms with E-state index >= 15 is 0 Å². The van der Waals surface area contributed by atoms with Gasteiger partial charge >= 0.3 is 0 Å². The molecule has 1 fully saturated rings. The van der Waals surface area contributed by atoms with Crippen molar-refractivity contribution in [3.8, 4) is 0 Å². The monoisotopic (exact) mass is 330 g/mol. The highest BCUT2D eigenvalue weighted by Crippen LogP contribution is 2.23. The molecule has 7 heteroatoms. The molecule has 1 aliphatic rings. The van der Waals surface area contributed by atoms with Crippen molar-refractivity contribution in [1.82, 2.24) is 10.2 Å². The van der Waals surface area contributed by atoms with Crippen molar-refractivity contribution in [2.24, 2.45) is 0 Å². The van der Waals surface area contributed by atoms with Gasteiger partial charge < -0.3 is 10.2 Å². The summed E-state index contributed by atoms with van der Waals surface area (Å²) in [6, 6.07) is 4.40. The van der Waals surface area contributed by atoms with Gasteiger partial charge in [-0.25, -0.2) is 8.42 Å². The van der Waals surface area contributed by atoms with E-state index in [0.717, 1.165) is 19.5 Å². The van der Waals surface area contributed by atoms with Crippen molar-refractivity contribution in [3.63, 3.8) is 0 Å². The summed E-state index contributed by atoms with van der Waals surface area (Å²) in [5.74, 6) is -0.258. The van der Waals surface area contributed by atoms with Crippen LogP contribution in [0.25, 0.3) is 0 Å². The zero-order valence-corrected chi connectivity index (χ0v) is 13.7. The summed E-state index contributed by atoms with van der Waals surface area (Å²) in [5.41, 5.74) is 0.237. The Kier molecular flexibility index (Phi) is 4.91. The predicted molar refractivity (Wildman–Crippen MR) is 82.5 cm³/mol. The molecular formula is C14H19ClN2O3S. The van der Waals surface area contributed by atoms with Crippen LogP contribution in [0.5, 0.6) is 0 Å². The number of rotatable bonds is 4. The topological polar surface area (TPSA) is 66.5 Å². The van der Waals surface area contributed by atoms with E-state index in [9.17, 15) is 13.2 Å². The van der Waals surface area contributed by atoms with Crippen LogP contribution in [0.1, 0.15) is 23.7 Å². The van der Waals surface area contributed by atoms with Crippen LogP contribution in [0.3, 0.4) is 0 Å². The molecule has 2 rings (SSSR count). The Labute approximate surface area is 130 Å². The maximum Gasteiger partial charge on any atom is 0.255 e. The lowest BCUT2D eigenvalue weighted by molar-refractivity contribution is 0.0743. The van der Waals surface area contributed by atoms with Gasteiger partial charge in [0.05, 0.1) is 21.2 Å². The molecule has 0 spiro atoms. The first-order valence-corrected chi connectivity index (χ1v) is 8.90. The van der Waals surface area contributed by atoms with Crippen LogP contribution < -0.4 is 5.32 Å². The van der Waals surface area contributed by atoms with Crippen LogP contribution in [0, 0.1) is 0 Å². The fraction of sp³-hybridized carbons (Fsp3) is 0.500. The van der Waals surface area contributed by atoms with E-state index in [2.05, 4.69) is 5.32 Å². The summed E-state index contributed by atoms with van der Waals surface area (Å²) in [7, 11) is -1.64. The third-order valence-corrected chi connectivity index (χ3v) is 5.87. The molecule has 0 radical (unpaired) electrons.